The Kier molecular flexibility index (Phi) is 3.72. The van der Waals surface area contributed by atoms with Gasteiger partial charge in [0, 0.05) is 14.2 Å². The van der Waals surface area contributed by atoms with Crippen molar-refractivity contribution >= 4 is 17.0 Å². The van der Waals surface area contributed by atoms with Gasteiger partial charge in [-0.3, -0.25) is 4.57 Å². The molecule has 0 aliphatic carbocycles. The number of rotatable bonds is 4. The molecule has 0 bridgehead atoms. The Bertz CT molecular complexity index is 633. The average Bonchev–Trinajstić information content (AvgIpc) is 3.02. The number of hydrogen-bond acceptors (Lipinski definition) is 8. The highest BCUT2D eigenvalue weighted by Crippen LogP contribution is 2.33. The molecule has 1 saturated heterocycles. The molecule has 0 amide bonds. The van der Waals surface area contributed by atoms with Crippen LogP contribution in [0.3, 0.4) is 0 Å². The molecular weight excluding hydrogens is 278 g/mol. The minimum Gasteiger partial charge on any atom is -0.387 e. The Balaban J connectivity index is 1.99. The molecular formula is C12H17N5O4. The molecule has 3 N–H and O–H groups in total. The maximum Gasteiger partial charge on any atom is 0.167 e. The van der Waals surface area contributed by atoms with Crippen LogP contribution in [0.25, 0.3) is 11.2 Å². The molecule has 0 spiro atoms. The summed E-state index contributed by atoms with van der Waals surface area (Å²) in [5.74, 6) is 0.291. The van der Waals surface area contributed by atoms with E-state index in [1.807, 2.05) is 0 Å². The number of aliphatic hydroxyl groups excluding tert-OH is 1. The van der Waals surface area contributed by atoms with Crippen LogP contribution in [-0.2, 0) is 14.2 Å². The van der Waals surface area contributed by atoms with Crippen LogP contribution in [0.5, 0.6) is 0 Å². The second kappa shape index (κ2) is 5.53. The van der Waals surface area contributed by atoms with Crippen LogP contribution in [0.15, 0.2) is 12.7 Å². The molecule has 21 heavy (non-hydrogen) atoms. The number of aromatic nitrogens is 4. The smallest absolute Gasteiger partial charge is 0.167 e. The molecule has 9 heteroatoms. The molecule has 1 aliphatic heterocycles. The third-order valence-corrected chi connectivity index (χ3v) is 3.58. The number of anilines is 1. The van der Waals surface area contributed by atoms with E-state index in [1.165, 1.54) is 13.4 Å². The van der Waals surface area contributed by atoms with E-state index in [-0.39, 0.29) is 6.61 Å². The van der Waals surface area contributed by atoms with Crippen molar-refractivity contribution in [3.63, 3.8) is 0 Å². The number of methoxy groups -OCH3 is 2. The zero-order chi connectivity index (χ0) is 15.0. The Hall–Kier alpha value is -1.81. The summed E-state index contributed by atoms with van der Waals surface area (Å²) in [7, 11) is 3.06. The van der Waals surface area contributed by atoms with E-state index in [0.29, 0.717) is 17.0 Å². The van der Waals surface area contributed by atoms with Gasteiger partial charge in [-0.25, -0.2) is 15.0 Å². The summed E-state index contributed by atoms with van der Waals surface area (Å²) in [6.07, 6.45) is 0.491. The number of fused-ring (bicyclic) bond motifs is 1. The maximum absolute atomic E-state index is 10.3. The molecule has 2 aromatic rings. The summed E-state index contributed by atoms with van der Waals surface area (Å²) in [6, 6.07) is 0. The molecule has 114 valence electrons. The SMILES string of the molecule is COC[C@H]1O[C@@H](n2cnc3c(N)ncnc32)[C@H](OC)[C@@H]1O. The predicted molar refractivity (Wildman–Crippen MR) is 72.3 cm³/mol. The van der Waals surface area contributed by atoms with Crippen molar-refractivity contribution in [1.29, 1.82) is 0 Å². The first-order valence-corrected chi connectivity index (χ1v) is 6.45. The summed E-state index contributed by atoms with van der Waals surface area (Å²) >= 11 is 0. The molecule has 3 heterocycles. The highest BCUT2D eigenvalue weighted by molar-refractivity contribution is 5.81. The lowest BCUT2D eigenvalue weighted by Crippen LogP contribution is -2.35. The molecule has 3 rings (SSSR count). The number of nitrogens with zero attached hydrogens (tertiary/aromatic N) is 4. The van der Waals surface area contributed by atoms with Gasteiger partial charge in [-0.2, -0.15) is 0 Å². The largest absolute Gasteiger partial charge is 0.387 e. The first-order valence-electron chi connectivity index (χ1n) is 6.45. The fourth-order valence-corrected chi connectivity index (χ4v) is 2.56. The van der Waals surface area contributed by atoms with E-state index in [1.54, 1.807) is 18.0 Å². The van der Waals surface area contributed by atoms with Gasteiger partial charge in [0.25, 0.3) is 0 Å². The first-order chi connectivity index (χ1) is 10.2. The van der Waals surface area contributed by atoms with Gasteiger partial charge >= 0.3 is 0 Å². The maximum atomic E-state index is 10.3. The third-order valence-electron chi connectivity index (χ3n) is 3.58. The second-order valence-corrected chi connectivity index (χ2v) is 4.79. The molecule has 0 aromatic carbocycles. The molecule has 9 nitrogen and oxygen atoms in total. The Morgan fingerprint density at radius 1 is 1.38 bits per heavy atom. The van der Waals surface area contributed by atoms with Gasteiger partial charge in [-0.1, -0.05) is 0 Å². The topological polar surface area (TPSA) is 118 Å². The van der Waals surface area contributed by atoms with Gasteiger partial charge < -0.3 is 25.1 Å². The highest BCUT2D eigenvalue weighted by atomic mass is 16.6. The minimum absolute atomic E-state index is 0.265. The normalized spacial score (nSPS) is 29.3. The lowest BCUT2D eigenvalue weighted by Gasteiger charge is -2.19. The van der Waals surface area contributed by atoms with Crippen LogP contribution < -0.4 is 5.73 Å². The van der Waals surface area contributed by atoms with Crippen LogP contribution in [0.2, 0.25) is 0 Å². The number of ether oxygens (including phenoxy) is 3. The molecule has 0 saturated carbocycles. The zero-order valence-electron chi connectivity index (χ0n) is 11.7. The summed E-state index contributed by atoms with van der Waals surface area (Å²) in [4.78, 5) is 12.3. The molecule has 0 unspecified atom stereocenters. The van der Waals surface area contributed by atoms with E-state index < -0.39 is 24.5 Å². The van der Waals surface area contributed by atoms with Crippen molar-refractivity contribution < 1.29 is 19.3 Å². The second-order valence-electron chi connectivity index (χ2n) is 4.79. The highest BCUT2D eigenvalue weighted by Gasteiger charge is 2.45. The van der Waals surface area contributed by atoms with Crippen molar-refractivity contribution in [2.75, 3.05) is 26.6 Å². The van der Waals surface area contributed by atoms with Crippen molar-refractivity contribution in [2.24, 2.45) is 0 Å². The minimum atomic E-state index is -0.809. The molecule has 1 aliphatic rings. The predicted octanol–water partition coefficient (Wildman–Crippen LogP) is -0.672. The van der Waals surface area contributed by atoms with Gasteiger partial charge in [0.15, 0.2) is 17.7 Å². The number of imidazole rings is 1. The van der Waals surface area contributed by atoms with Gasteiger partial charge in [-0.15, -0.1) is 0 Å². The molecule has 0 radical (unpaired) electrons. The fourth-order valence-electron chi connectivity index (χ4n) is 2.56. The number of nitrogens with two attached hydrogens (primary N) is 1. The van der Waals surface area contributed by atoms with Crippen LogP contribution in [0.4, 0.5) is 5.82 Å². The summed E-state index contributed by atoms with van der Waals surface area (Å²) in [5.41, 5.74) is 6.78. The third kappa shape index (κ3) is 2.23. The van der Waals surface area contributed by atoms with Crippen molar-refractivity contribution in [1.82, 2.24) is 19.5 Å². The summed E-state index contributed by atoms with van der Waals surface area (Å²) in [6.45, 7) is 0.265. The molecule has 2 aromatic heterocycles. The average molecular weight is 295 g/mol. The number of nitrogen functional groups attached to an aromatic ring is 1. The number of hydrogen-bond donors (Lipinski definition) is 2. The van der Waals surface area contributed by atoms with Crippen molar-refractivity contribution in [2.45, 2.75) is 24.5 Å². The monoisotopic (exact) mass is 295 g/mol. The molecule has 1 fully saturated rings. The van der Waals surface area contributed by atoms with Crippen LogP contribution in [0.1, 0.15) is 6.23 Å². The van der Waals surface area contributed by atoms with Crippen molar-refractivity contribution in [3.05, 3.63) is 12.7 Å². The van der Waals surface area contributed by atoms with E-state index in [0.717, 1.165) is 0 Å². The Labute approximate surface area is 120 Å². The van der Waals surface area contributed by atoms with Gasteiger partial charge in [0.2, 0.25) is 0 Å². The van der Waals surface area contributed by atoms with E-state index >= 15 is 0 Å². The summed E-state index contributed by atoms with van der Waals surface area (Å²) < 4.78 is 17.9. The lowest BCUT2D eigenvalue weighted by atomic mass is 10.1. The standard InChI is InChI=1S/C12H17N5O4/c1-19-3-6-8(18)9(20-2)12(21-6)17-5-16-7-10(13)14-4-15-11(7)17/h4-6,8-9,12,18H,3H2,1-2H3,(H2,13,14,15)/t6-,8-,9-,12-/m1/s1. The van der Waals surface area contributed by atoms with Crippen LogP contribution >= 0.6 is 0 Å². The lowest BCUT2D eigenvalue weighted by molar-refractivity contribution is -0.0630. The van der Waals surface area contributed by atoms with E-state index in [9.17, 15) is 5.11 Å². The first kappa shape index (κ1) is 14.1. The quantitative estimate of drug-likeness (QED) is 0.762. The number of aliphatic hydroxyl groups is 1. The van der Waals surface area contributed by atoms with Gasteiger partial charge in [0.1, 0.15) is 30.2 Å². The van der Waals surface area contributed by atoms with Gasteiger partial charge in [0.05, 0.1) is 12.9 Å². The van der Waals surface area contributed by atoms with E-state index in [4.69, 9.17) is 19.9 Å². The fraction of sp³-hybridized carbons (Fsp3) is 0.583. The van der Waals surface area contributed by atoms with Crippen molar-refractivity contribution in [3.8, 4) is 0 Å². The van der Waals surface area contributed by atoms with Gasteiger partial charge in [-0.05, 0) is 0 Å². The molecule has 4 atom stereocenters. The Morgan fingerprint density at radius 2 is 2.19 bits per heavy atom. The summed E-state index contributed by atoms with van der Waals surface area (Å²) in [5, 5.41) is 10.3. The van der Waals surface area contributed by atoms with Crippen LogP contribution in [0, 0.1) is 0 Å². The Morgan fingerprint density at radius 3 is 2.90 bits per heavy atom. The van der Waals surface area contributed by atoms with Crippen LogP contribution in [-0.4, -0.2) is 63.8 Å². The zero-order valence-corrected chi connectivity index (χ0v) is 11.7. The van der Waals surface area contributed by atoms with E-state index in [2.05, 4.69) is 15.0 Å².